The number of ether oxygens (including phenoxy) is 3. The summed E-state index contributed by atoms with van der Waals surface area (Å²) in [7, 11) is 0. The third-order valence-electron chi connectivity index (χ3n) is 4.02. The summed E-state index contributed by atoms with van der Waals surface area (Å²) in [5.74, 6) is 1.69. The maximum atomic E-state index is 5.85. The Kier molecular flexibility index (Phi) is 9.90. The summed E-state index contributed by atoms with van der Waals surface area (Å²) in [4.78, 5) is 4.60. The Labute approximate surface area is 157 Å². The van der Waals surface area contributed by atoms with Gasteiger partial charge in [-0.1, -0.05) is 18.2 Å². The maximum Gasteiger partial charge on any atom is 0.191 e. The van der Waals surface area contributed by atoms with Crippen molar-refractivity contribution < 1.29 is 14.2 Å². The van der Waals surface area contributed by atoms with Crippen molar-refractivity contribution in [2.24, 2.45) is 4.99 Å². The fourth-order valence-corrected chi connectivity index (χ4v) is 2.70. The molecule has 1 saturated heterocycles. The van der Waals surface area contributed by atoms with E-state index in [2.05, 4.69) is 22.5 Å². The SMILES string of the molecule is CCNC(=NCC(C)Oc1ccccc1)NCCCOCC1CCCO1. The van der Waals surface area contributed by atoms with Crippen molar-refractivity contribution in [2.75, 3.05) is 39.5 Å². The lowest BCUT2D eigenvalue weighted by Gasteiger charge is -2.15. The lowest BCUT2D eigenvalue weighted by atomic mass is 10.2. The molecule has 1 aromatic rings. The molecular formula is C20H33N3O3. The van der Waals surface area contributed by atoms with Gasteiger partial charge in [0.1, 0.15) is 11.9 Å². The van der Waals surface area contributed by atoms with E-state index < -0.39 is 0 Å². The summed E-state index contributed by atoms with van der Waals surface area (Å²) in [6.45, 7) is 8.66. The van der Waals surface area contributed by atoms with Crippen LogP contribution >= 0.6 is 0 Å². The lowest BCUT2D eigenvalue weighted by Crippen LogP contribution is -2.38. The Hall–Kier alpha value is -1.79. The summed E-state index contributed by atoms with van der Waals surface area (Å²) in [6, 6.07) is 9.84. The first-order valence-electron chi connectivity index (χ1n) is 9.71. The highest BCUT2D eigenvalue weighted by Crippen LogP contribution is 2.12. The molecule has 6 heteroatoms. The van der Waals surface area contributed by atoms with Gasteiger partial charge in [-0.25, -0.2) is 4.99 Å². The first-order valence-corrected chi connectivity index (χ1v) is 9.71. The van der Waals surface area contributed by atoms with Crippen LogP contribution in [-0.4, -0.2) is 57.6 Å². The first-order chi connectivity index (χ1) is 12.8. The molecule has 1 aliphatic rings. The van der Waals surface area contributed by atoms with Crippen LogP contribution in [0.25, 0.3) is 0 Å². The Morgan fingerprint density at radius 3 is 2.88 bits per heavy atom. The number of hydrogen-bond acceptors (Lipinski definition) is 4. The van der Waals surface area contributed by atoms with Gasteiger partial charge in [0.05, 0.1) is 19.3 Å². The summed E-state index contributed by atoms with van der Waals surface area (Å²) in [5.41, 5.74) is 0. The van der Waals surface area contributed by atoms with Crippen molar-refractivity contribution >= 4 is 5.96 Å². The Morgan fingerprint density at radius 2 is 2.15 bits per heavy atom. The number of para-hydroxylation sites is 1. The van der Waals surface area contributed by atoms with Gasteiger partial charge >= 0.3 is 0 Å². The largest absolute Gasteiger partial charge is 0.489 e. The molecule has 2 rings (SSSR count). The highest BCUT2D eigenvalue weighted by Gasteiger charge is 2.14. The third-order valence-corrected chi connectivity index (χ3v) is 4.02. The molecule has 2 N–H and O–H groups in total. The fraction of sp³-hybridized carbons (Fsp3) is 0.650. The van der Waals surface area contributed by atoms with Gasteiger partial charge in [0.2, 0.25) is 0 Å². The molecule has 1 fully saturated rings. The molecule has 0 bridgehead atoms. The topological polar surface area (TPSA) is 64.1 Å². The summed E-state index contributed by atoms with van der Waals surface area (Å²) in [6.07, 6.45) is 3.53. The zero-order valence-corrected chi connectivity index (χ0v) is 16.1. The van der Waals surface area contributed by atoms with Crippen LogP contribution in [0.15, 0.2) is 35.3 Å². The second-order valence-corrected chi connectivity index (χ2v) is 6.45. The molecule has 0 radical (unpaired) electrons. The fourth-order valence-electron chi connectivity index (χ4n) is 2.70. The number of nitrogens with one attached hydrogen (secondary N) is 2. The van der Waals surface area contributed by atoms with Gasteiger partial charge < -0.3 is 24.8 Å². The summed E-state index contributed by atoms with van der Waals surface area (Å²) in [5, 5.41) is 6.60. The van der Waals surface area contributed by atoms with Crippen LogP contribution < -0.4 is 15.4 Å². The molecule has 0 spiro atoms. The van der Waals surface area contributed by atoms with Gasteiger partial charge in [-0.2, -0.15) is 0 Å². The third kappa shape index (κ3) is 8.54. The normalized spacial score (nSPS) is 18.5. The maximum absolute atomic E-state index is 5.85. The van der Waals surface area contributed by atoms with Crippen molar-refractivity contribution in [3.05, 3.63) is 30.3 Å². The molecular weight excluding hydrogens is 330 g/mol. The smallest absolute Gasteiger partial charge is 0.191 e. The highest BCUT2D eigenvalue weighted by molar-refractivity contribution is 5.79. The van der Waals surface area contributed by atoms with Crippen LogP contribution in [0.1, 0.15) is 33.1 Å². The van der Waals surface area contributed by atoms with E-state index in [1.165, 1.54) is 0 Å². The lowest BCUT2D eigenvalue weighted by molar-refractivity contribution is 0.0168. The zero-order valence-electron chi connectivity index (χ0n) is 16.1. The molecule has 1 aromatic carbocycles. The van der Waals surface area contributed by atoms with E-state index in [9.17, 15) is 0 Å². The predicted molar refractivity (Wildman–Crippen MR) is 105 cm³/mol. The van der Waals surface area contributed by atoms with E-state index >= 15 is 0 Å². The van der Waals surface area contributed by atoms with E-state index in [0.29, 0.717) is 19.3 Å². The Bertz CT molecular complexity index is 504. The van der Waals surface area contributed by atoms with Crippen LogP contribution in [0.2, 0.25) is 0 Å². The minimum absolute atomic E-state index is 0.0163. The number of guanidine groups is 1. The van der Waals surface area contributed by atoms with E-state index in [4.69, 9.17) is 14.2 Å². The molecule has 0 amide bonds. The van der Waals surface area contributed by atoms with Crippen LogP contribution in [-0.2, 0) is 9.47 Å². The predicted octanol–water partition coefficient (Wildman–Crippen LogP) is 2.59. The van der Waals surface area contributed by atoms with Gasteiger partial charge in [0.15, 0.2) is 5.96 Å². The van der Waals surface area contributed by atoms with E-state index in [1.807, 2.05) is 37.3 Å². The van der Waals surface area contributed by atoms with Gasteiger partial charge in [0.25, 0.3) is 0 Å². The average Bonchev–Trinajstić information content (AvgIpc) is 3.16. The molecule has 0 aromatic heterocycles. The highest BCUT2D eigenvalue weighted by atomic mass is 16.5. The zero-order chi connectivity index (χ0) is 18.5. The number of rotatable bonds is 11. The van der Waals surface area contributed by atoms with Gasteiger partial charge in [-0.3, -0.25) is 0 Å². The molecule has 0 aliphatic carbocycles. The number of aliphatic imine (C=N–C) groups is 1. The molecule has 1 aliphatic heterocycles. The van der Waals surface area contributed by atoms with Crippen molar-refractivity contribution in [3.8, 4) is 5.75 Å². The van der Waals surface area contributed by atoms with Gasteiger partial charge in [-0.05, 0) is 45.2 Å². The van der Waals surface area contributed by atoms with Crippen molar-refractivity contribution in [3.63, 3.8) is 0 Å². The minimum atomic E-state index is 0.0163. The molecule has 0 saturated carbocycles. The van der Waals surface area contributed by atoms with Crippen LogP contribution in [0.5, 0.6) is 5.75 Å². The van der Waals surface area contributed by atoms with Crippen LogP contribution in [0.4, 0.5) is 0 Å². The standard InChI is InChI=1S/C20H33N3O3/c1-3-21-20(22-12-8-13-24-16-19-11-7-14-25-19)23-15-17(2)26-18-9-5-4-6-10-18/h4-6,9-10,17,19H,3,7-8,11-16H2,1-2H3,(H2,21,22,23). The van der Waals surface area contributed by atoms with Gasteiger partial charge in [-0.15, -0.1) is 0 Å². The van der Waals surface area contributed by atoms with Gasteiger partial charge in [0, 0.05) is 26.3 Å². The van der Waals surface area contributed by atoms with E-state index in [1.54, 1.807) is 0 Å². The van der Waals surface area contributed by atoms with E-state index in [0.717, 1.165) is 57.3 Å². The monoisotopic (exact) mass is 363 g/mol. The molecule has 2 atom stereocenters. The van der Waals surface area contributed by atoms with Crippen molar-refractivity contribution in [2.45, 2.75) is 45.3 Å². The molecule has 1 heterocycles. The summed E-state index contributed by atoms with van der Waals surface area (Å²) >= 11 is 0. The molecule has 2 unspecified atom stereocenters. The number of benzene rings is 1. The quantitative estimate of drug-likeness (QED) is 0.359. The van der Waals surface area contributed by atoms with Crippen LogP contribution in [0, 0.1) is 0 Å². The minimum Gasteiger partial charge on any atom is -0.489 e. The number of hydrogen-bond donors (Lipinski definition) is 2. The Balaban J connectivity index is 1.60. The average molecular weight is 364 g/mol. The molecule has 26 heavy (non-hydrogen) atoms. The van der Waals surface area contributed by atoms with Crippen molar-refractivity contribution in [1.29, 1.82) is 0 Å². The van der Waals surface area contributed by atoms with E-state index in [-0.39, 0.29) is 6.10 Å². The Morgan fingerprint density at radius 1 is 1.31 bits per heavy atom. The van der Waals surface area contributed by atoms with Crippen molar-refractivity contribution in [1.82, 2.24) is 10.6 Å². The van der Waals surface area contributed by atoms with Crippen LogP contribution in [0.3, 0.4) is 0 Å². The molecule has 146 valence electrons. The summed E-state index contributed by atoms with van der Waals surface area (Å²) < 4.78 is 17.1. The molecule has 6 nitrogen and oxygen atoms in total. The second kappa shape index (κ2) is 12.5. The second-order valence-electron chi connectivity index (χ2n) is 6.45. The first kappa shape index (κ1) is 20.5. The number of nitrogens with zero attached hydrogens (tertiary/aromatic N) is 1.